The van der Waals surface area contributed by atoms with Gasteiger partial charge in [-0.2, -0.15) is 0 Å². The van der Waals surface area contributed by atoms with Crippen molar-refractivity contribution in [3.63, 3.8) is 0 Å². The molecule has 0 spiro atoms. The maximum Gasteiger partial charge on any atom is 0.328 e. The van der Waals surface area contributed by atoms with Crippen LogP contribution in [-0.4, -0.2) is 34.7 Å². The average Bonchev–Trinajstić information content (AvgIpc) is 2.45. The number of aromatic hydroxyl groups is 2. The summed E-state index contributed by atoms with van der Waals surface area (Å²) in [6.45, 7) is 5.44. The van der Waals surface area contributed by atoms with Gasteiger partial charge in [0, 0.05) is 12.5 Å². The second-order valence-electron chi connectivity index (χ2n) is 5.22. The summed E-state index contributed by atoms with van der Waals surface area (Å²) < 4.78 is 4.82. The Morgan fingerprint density at radius 3 is 2.55 bits per heavy atom. The highest BCUT2D eigenvalue weighted by atomic mass is 16.5. The van der Waals surface area contributed by atoms with Crippen molar-refractivity contribution in [2.24, 2.45) is 0 Å². The van der Waals surface area contributed by atoms with Gasteiger partial charge in [0.05, 0.1) is 6.61 Å². The molecule has 0 aliphatic rings. The van der Waals surface area contributed by atoms with Crippen molar-refractivity contribution in [2.45, 2.75) is 45.6 Å². The SMILES string of the molecule is CCOC(=O)[C@@H](C)NC(=O)CCC(C)c1ccc(O)cc1O. The van der Waals surface area contributed by atoms with E-state index < -0.39 is 12.0 Å². The predicted molar refractivity (Wildman–Crippen MR) is 81.7 cm³/mol. The minimum absolute atomic E-state index is 0.00513. The number of rotatable bonds is 7. The standard InChI is InChI=1S/C16H23NO5/c1-4-22-16(21)11(3)17-15(20)8-5-10(2)13-7-6-12(18)9-14(13)19/h6-7,9-11,18-19H,4-5,8H2,1-3H3,(H,17,20)/t10?,11-/m1/s1. The number of nitrogens with one attached hydrogen (secondary N) is 1. The van der Waals surface area contributed by atoms with Crippen LogP contribution in [0.25, 0.3) is 0 Å². The molecule has 6 heteroatoms. The van der Waals surface area contributed by atoms with E-state index in [1.807, 2.05) is 6.92 Å². The van der Waals surface area contributed by atoms with Crippen molar-refractivity contribution in [3.05, 3.63) is 23.8 Å². The Hall–Kier alpha value is -2.24. The van der Waals surface area contributed by atoms with E-state index in [9.17, 15) is 19.8 Å². The van der Waals surface area contributed by atoms with Crippen LogP contribution < -0.4 is 5.32 Å². The van der Waals surface area contributed by atoms with Gasteiger partial charge in [-0.1, -0.05) is 13.0 Å². The fourth-order valence-corrected chi connectivity index (χ4v) is 2.09. The molecule has 1 aromatic carbocycles. The molecule has 0 heterocycles. The maximum absolute atomic E-state index is 11.8. The number of hydrogen-bond donors (Lipinski definition) is 3. The smallest absolute Gasteiger partial charge is 0.328 e. The van der Waals surface area contributed by atoms with E-state index in [2.05, 4.69) is 5.32 Å². The first kappa shape index (κ1) is 17.8. The van der Waals surface area contributed by atoms with E-state index in [-0.39, 0.29) is 36.4 Å². The summed E-state index contributed by atoms with van der Waals surface area (Å²) in [5, 5.41) is 21.6. The van der Waals surface area contributed by atoms with Crippen LogP contribution in [0.1, 0.15) is 45.1 Å². The molecule has 0 saturated heterocycles. The fraction of sp³-hybridized carbons (Fsp3) is 0.500. The minimum Gasteiger partial charge on any atom is -0.508 e. The maximum atomic E-state index is 11.8. The molecular formula is C16H23NO5. The molecule has 1 aromatic rings. The third kappa shape index (κ3) is 5.27. The van der Waals surface area contributed by atoms with Crippen molar-refractivity contribution >= 4 is 11.9 Å². The van der Waals surface area contributed by atoms with Crippen molar-refractivity contribution in [1.82, 2.24) is 5.32 Å². The molecule has 0 aliphatic heterocycles. The van der Waals surface area contributed by atoms with Crippen molar-refractivity contribution in [2.75, 3.05) is 6.61 Å². The van der Waals surface area contributed by atoms with E-state index in [4.69, 9.17) is 4.74 Å². The lowest BCUT2D eigenvalue weighted by atomic mass is 9.95. The molecule has 1 amide bonds. The zero-order valence-electron chi connectivity index (χ0n) is 13.1. The number of benzene rings is 1. The molecule has 1 unspecified atom stereocenters. The zero-order chi connectivity index (χ0) is 16.7. The molecule has 0 saturated carbocycles. The topological polar surface area (TPSA) is 95.9 Å². The number of hydrogen-bond acceptors (Lipinski definition) is 5. The number of carbonyl (C=O) groups is 2. The summed E-state index contributed by atoms with van der Waals surface area (Å²) >= 11 is 0. The predicted octanol–water partition coefficient (Wildman–Crippen LogP) is 2.05. The normalized spacial score (nSPS) is 13.2. The van der Waals surface area contributed by atoms with Gasteiger partial charge in [-0.15, -0.1) is 0 Å². The molecule has 0 bridgehead atoms. The average molecular weight is 309 g/mol. The molecule has 0 aliphatic carbocycles. The molecular weight excluding hydrogens is 286 g/mol. The van der Waals surface area contributed by atoms with Gasteiger partial charge in [0.1, 0.15) is 17.5 Å². The molecule has 0 radical (unpaired) electrons. The molecule has 3 N–H and O–H groups in total. The van der Waals surface area contributed by atoms with Gasteiger partial charge in [0.25, 0.3) is 0 Å². The third-order valence-corrected chi connectivity index (χ3v) is 3.37. The summed E-state index contributed by atoms with van der Waals surface area (Å²) in [4.78, 5) is 23.2. The lowest BCUT2D eigenvalue weighted by Gasteiger charge is -2.15. The van der Waals surface area contributed by atoms with Crippen LogP contribution in [0.15, 0.2) is 18.2 Å². The molecule has 0 fully saturated rings. The Balaban J connectivity index is 2.48. The third-order valence-electron chi connectivity index (χ3n) is 3.37. The molecule has 2 atom stereocenters. The van der Waals surface area contributed by atoms with E-state index in [1.165, 1.54) is 12.1 Å². The van der Waals surface area contributed by atoms with E-state index in [1.54, 1.807) is 19.9 Å². The van der Waals surface area contributed by atoms with Crippen molar-refractivity contribution in [1.29, 1.82) is 0 Å². The Labute approximate surface area is 130 Å². The van der Waals surface area contributed by atoms with E-state index >= 15 is 0 Å². The first-order valence-corrected chi connectivity index (χ1v) is 7.33. The molecule has 1 rings (SSSR count). The first-order chi connectivity index (χ1) is 10.3. The minimum atomic E-state index is -0.676. The quantitative estimate of drug-likeness (QED) is 0.670. The number of amides is 1. The van der Waals surface area contributed by atoms with Gasteiger partial charge in [0.2, 0.25) is 5.91 Å². The van der Waals surface area contributed by atoms with Crippen LogP contribution in [0, 0.1) is 0 Å². The zero-order valence-corrected chi connectivity index (χ0v) is 13.1. The number of phenols is 2. The largest absolute Gasteiger partial charge is 0.508 e. The van der Waals surface area contributed by atoms with E-state index in [0.29, 0.717) is 12.0 Å². The van der Waals surface area contributed by atoms with Crippen molar-refractivity contribution in [3.8, 4) is 11.5 Å². The van der Waals surface area contributed by atoms with Crippen LogP contribution in [0.2, 0.25) is 0 Å². The first-order valence-electron chi connectivity index (χ1n) is 7.33. The number of ether oxygens (including phenoxy) is 1. The number of phenolic OH excluding ortho intramolecular Hbond substituents is 2. The van der Waals surface area contributed by atoms with Crippen LogP contribution in [0.5, 0.6) is 11.5 Å². The lowest BCUT2D eigenvalue weighted by molar-refractivity contribution is -0.146. The Bertz CT molecular complexity index is 529. The summed E-state index contributed by atoms with van der Waals surface area (Å²) in [5.41, 5.74) is 0.670. The second-order valence-corrected chi connectivity index (χ2v) is 5.22. The van der Waals surface area contributed by atoms with E-state index in [0.717, 1.165) is 0 Å². The van der Waals surface area contributed by atoms with Gasteiger partial charge in [0.15, 0.2) is 0 Å². The van der Waals surface area contributed by atoms with Gasteiger partial charge in [-0.25, -0.2) is 4.79 Å². The highest BCUT2D eigenvalue weighted by Gasteiger charge is 2.18. The fourth-order valence-electron chi connectivity index (χ4n) is 2.09. The Kier molecular flexibility index (Phi) is 6.69. The highest BCUT2D eigenvalue weighted by Crippen LogP contribution is 2.31. The van der Waals surface area contributed by atoms with Crippen molar-refractivity contribution < 1.29 is 24.5 Å². The van der Waals surface area contributed by atoms with Gasteiger partial charge >= 0.3 is 5.97 Å². The lowest BCUT2D eigenvalue weighted by Crippen LogP contribution is -2.39. The van der Waals surface area contributed by atoms with Gasteiger partial charge in [-0.05, 0) is 37.8 Å². The molecule has 6 nitrogen and oxygen atoms in total. The second kappa shape index (κ2) is 8.26. The highest BCUT2D eigenvalue weighted by molar-refractivity contribution is 5.84. The molecule has 22 heavy (non-hydrogen) atoms. The monoisotopic (exact) mass is 309 g/mol. The summed E-state index contributed by atoms with van der Waals surface area (Å²) in [5.74, 6) is -0.753. The van der Waals surface area contributed by atoms with Crippen LogP contribution >= 0.6 is 0 Å². The molecule has 122 valence electrons. The Morgan fingerprint density at radius 2 is 1.95 bits per heavy atom. The van der Waals surface area contributed by atoms with Crippen LogP contribution in [0.3, 0.4) is 0 Å². The molecule has 0 aromatic heterocycles. The van der Waals surface area contributed by atoms with Gasteiger partial charge in [-0.3, -0.25) is 4.79 Å². The summed E-state index contributed by atoms with van der Waals surface area (Å²) in [7, 11) is 0. The van der Waals surface area contributed by atoms with Gasteiger partial charge < -0.3 is 20.3 Å². The summed E-state index contributed by atoms with van der Waals surface area (Å²) in [6.07, 6.45) is 0.741. The Morgan fingerprint density at radius 1 is 1.27 bits per heavy atom. The number of esters is 1. The van der Waals surface area contributed by atoms with Crippen LogP contribution in [-0.2, 0) is 14.3 Å². The number of carbonyl (C=O) groups excluding carboxylic acids is 2. The van der Waals surface area contributed by atoms with Crippen LogP contribution in [0.4, 0.5) is 0 Å². The summed E-state index contributed by atoms with van der Waals surface area (Å²) in [6, 6.07) is 3.72.